The number of alkyl halides is 3. The van der Waals surface area contributed by atoms with Gasteiger partial charge in [-0.05, 0) is 42.0 Å². The van der Waals surface area contributed by atoms with E-state index in [1.54, 1.807) is 30.3 Å². The molecule has 0 heterocycles. The van der Waals surface area contributed by atoms with E-state index >= 15 is 0 Å². The Hall–Kier alpha value is -4.08. The van der Waals surface area contributed by atoms with Crippen LogP contribution in [0.15, 0.2) is 78.9 Å². The van der Waals surface area contributed by atoms with Gasteiger partial charge in [0.1, 0.15) is 11.5 Å². The van der Waals surface area contributed by atoms with Crippen LogP contribution in [0.4, 0.5) is 29.3 Å². The third-order valence-electron chi connectivity index (χ3n) is 4.04. The molecule has 0 atom stereocenters. The maximum absolute atomic E-state index is 12.8. The fourth-order valence-corrected chi connectivity index (χ4v) is 2.65. The third-order valence-corrected chi connectivity index (χ3v) is 4.04. The number of amides is 1. The Bertz CT molecular complexity index is 1040. The summed E-state index contributed by atoms with van der Waals surface area (Å²) < 4.78 is 46.3. The Labute approximate surface area is 174 Å². The van der Waals surface area contributed by atoms with Gasteiger partial charge in [0.25, 0.3) is 5.69 Å². The summed E-state index contributed by atoms with van der Waals surface area (Å²) in [5.41, 5.74) is 0.852. The molecular formula is C21H15F3N2O5. The number of carbonyl (C=O) groups is 1. The topological polar surface area (TPSA) is 81.9 Å². The van der Waals surface area contributed by atoms with Crippen molar-refractivity contribution in [3.8, 4) is 11.5 Å². The molecule has 10 heteroatoms. The van der Waals surface area contributed by atoms with Crippen molar-refractivity contribution in [1.82, 2.24) is 0 Å². The standard InChI is InChI=1S/C21H15F3N2O5/c22-21(23,24)31-19-12-6-16(7-13-19)25(14-15-4-2-1-3-5-15)20(27)30-18-10-8-17(9-11-18)26(28)29/h1-13H,14H2. The molecule has 0 saturated heterocycles. The van der Waals surface area contributed by atoms with Crippen LogP contribution in [0.5, 0.6) is 11.5 Å². The molecule has 31 heavy (non-hydrogen) atoms. The molecule has 0 bridgehead atoms. The van der Waals surface area contributed by atoms with Gasteiger partial charge in [-0.2, -0.15) is 0 Å². The molecule has 7 nitrogen and oxygen atoms in total. The number of hydrogen-bond donors (Lipinski definition) is 0. The van der Waals surface area contributed by atoms with Gasteiger partial charge in [0.15, 0.2) is 0 Å². The number of nitrogens with zero attached hydrogens (tertiary/aromatic N) is 2. The van der Waals surface area contributed by atoms with E-state index in [9.17, 15) is 28.1 Å². The molecule has 3 aromatic carbocycles. The number of anilines is 1. The average molecular weight is 432 g/mol. The van der Waals surface area contributed by atoms with E-state index in [1.807, 2.05) is 0 Å². The highest BCUT2D eigenvalue weighted by molar-refractivity contribution is 5.89. The highest BCUT2D eigenvalue weighted by Crippen LogP contribution is 2.27. The lowest BCUT2D eigenvalue weighted by Crippen LogP contribution is -2.33. The van der Waals surface area contributed by atoms with Crippen LogP contribution in [0.3, 0.4) is 0 Å². The molecule has 0 unspecified atom stereocenters. The van der Waals surface area contributed by atoms with Crippen LogP contribution in [0, 0.1) is 10.1 Å². The smallest absolute Gasteiger partial charge is 0.410 e. The van der Waals surface area contributed by atoms with E-state index in [4.69, 9.17) is 4.74 Å². The van der Waals surface area contributed by atoms with E-state index in [0.29, 0.717) is 0 Å². The second kappa shape index (κ2) is 9.16. The van der Waals surface area contributed by atoms with Crippen LogP contribution in [-0.4, -0.2) is 17.4 Å². The summed E-state index contributed by atoms with van der Waals surface area (Å²) in [7, 11) is 0. The van der Waals surface area contributed by atoms with Crippen LogP contribution in [-0.2, 0) is 6.54 Å². The molecule has 0 saturated carbocycles. The number of nitro groups is 1. The molecule has 1 amide bonds. The molecule has 160 valence electrons. The number of ether oxygens (including phenoxy) is 2. The van der Waals surface area contributed by atoms with Gasteiger partial charge in [-0.3, -0.25) is 15.0 Å². The van der Waals surface area contributed by atoms with Crippen LogP contribution in [0.25, 0.3) is 0 Å². The second-order valence-electron chi connectivity index (χ2n) is 6.23. The minimum Gasteiger partial charge on any atom is -0.410 e. The highest BCUT2D eigenvalue weighted by Gasteiger charge is 2.31. The highest BCUT2D eigenvalue weighted by atomic mass is 19.4. The molecule has 0 aliphatic rings. The zero-order chi connectivity index (χ0) is 22.4. The molecule has 0 N–H and O–H groups in total. The van der Waals surface area contributed by atoms with Gasteiger partial charge < -0.3 is 9.47 Å². The predicted octanol–water partition coefficient (Wildman–Crippen LogP) is 5.70. The number of benzene rings is 3. The lowest BCUT2D eigenvalue weighted by molar-refractivity contribution is -0.384. The van der Waals surface area contributed by atoms with Crippen LogP contribution in [0.1, 0.15) is 5.56 Å². The van der Waals surface area contributed by atoms with Crippen LogP contribution < -0.4 is 14.4 Å². The first-order valence-corrected chi connectivity index (χ1v) is 8.85. The fourth-order valence-electron chi connectivity index (χ4n) is 2.65. The number of non-ortho nitro benzene ring substituents is 1. The number of carbonyl (C=O) groups excluding carboxylic acids is 1. The molecule has 0 radical (unpaired) electrons. The van der Waals surface area contributed by atoms with Crippen molar-refractivity contribution in [2.75, 3.05) is 4.90 Å². The summed E-state index contributed by atoms with van der Waals surface area (Å²) >= 11 is 0. The van der Waals surface area contributed by atoms with Crippen molar-refractivity contribution in [1.29, 1.82) is 0 Å². The van der Waals surface area contributed by atoms with E-state index in [2.05, 4.69) is 4.74 Å². The quantitative estimate of drug-likeness (QED) is 0.369. The van der Waals surface area contributed by atoms with Gasteiger partial charge in [-0.15, -0.1) is 13.2 Å². The van der Waals surface area contributed by atoms with E-state index in [-0.39, 0.29) is 23.7 Å². The summed E-state index contributed by atoms with van der Waals surface area (Å²) in [4.78, 5) is 24.2. The molecule has 0 aliphatic carbocycles. The Morgan fingerprint density at radius 1 is 0.903 bits per heavy atom. The molecular weight excluding hydrogens is 417 g/mol. The van der Waals surface area contributed by atoms with Gasteiger partial charge >= 0.3 is 12.5 Å². The normalized spacial score (nSPS) is 10.9. The Morgan fingerprint density at radius 2 is 1.48 bits per heavy atom. The summed E-state index contributed by atoms with van der Waals surface area (Å²) in [5, 5.41) is 10.8. The van der Waals surface area contributed by atoms with Gasteiger partial charge in [0, 0.05) is 17.8 Å². The van der Waals surface area contributed by atoms with Gasteiger partial charge in [0.05, 0.1) is 11.5 Å². The Morgan fingerprint density at radius 3 is 2.03 bits per heavy atom. The van der Waals surface area contributed by atoms with Crippen LogP contribution in [0.2, 0.25) is 0 Å². The Kier molecular flexibility index (Phi) is 6.39. The van der Waals surface area contributed by atoms with Crippen molar-refractivity contribution in [2.45, 2.75) is 12.9 Å². The van der Waals surface area contributed by atoms with Crippen molar-refractivity contribution < 1.29 is 32.4 Å². The molecule has 0 spiro atoms. The first-order chi connectivity index (χ1) is 14.7. The van der Waals surface area contributed by atoms with Crippen molar-refractivity contribution >= 4 is 17.5 Å². The van der Waals surface area contributed by atoms with Gasteiger partial charge in [-0.1, -0.05) is 30.3 Å². The third kappa shape index (κ3) is 6.20. The molecule has 0 aromatic heterocycles. The molecule has 3 aromatic rings. The second-order valence-corrected chi connectivity index (χ2v) is 6.23. The monoisotopic (exact) mass is 432 g/mol. The summed E-state index contributed by atoms with van der Waals surface area (Å²) in [6.45, 7) is 0.0755. The van der Waals surface area contributed by atoms with Gasteiger partial charge in [-0.25, -0.2) is 4.79 Å². The summed E-state index contributed by atoms with van der Waals surface area (Å²) in [6, 6.07) is 18.6. The Balaban J connectivity index is 1.83. The molecule has 0 aliphatic heterocycles. The fraction of sp³-hybridized carbons (Fsp3) is 0.0952. The number of nitro benzene ring substituents is 1. The molecule has 3 rings (SSSR count). The van der Waals surface area contributed by atoms with E-state index in [1.165, 1.54) is 41.3 Å². The maximum atomic E-state index is 12.8. The van der Waals surface area contributed by atoms with Crippen molar-refractivity contribution in [3.05, 3.63) is 94.5 Å². The zero-order valence-electron chi connectivity index (χ0n) is 15.8. The average Bonchev–Trinajstić information content (AvgIpc) is 2.73. The lowest BCUT2D eigenvalue weighted by Gasteiger charge is -2.22. The minimum absolute atomic E-state index is 0.0747. The first-order valence-electron chi connectivity index (χ1n) is 8.85. The predicted molar refractivity (Wildman–Crippen MR) is 105 cm³/mol. The molecule has 0 fully saturated rings. The van der Waals surface area contributed by atoms with Crippen LogP contribution >= 0.6 is 0 Å². The SMILES string of the molecule is O=C(Oc1ccc([N+](=O)[O-])cc1)N(Cc1ccccc1)c1ccc(OC(F)(F)F)cc1. The summed E-state index contributed by atoms with van der Waals surface area (Å²) in [6.07, 6.45) is -5.65. The lowest BCUT2D eigenvalue weighted by atomic mass is 10.2. The first kappa shape index (κ1) is 21.6. The van der Waals surface area contributed by atoms with E-state index in [0.717, 1.165) is 17.7 Å². The maximum Gasteiger partial charge on any atom is 0.573 e. The van der Waals surface area contributed by atoms with Crippen molar-refractivity contribution in [3.63, 3.8) is 0 Å². The zero-order valence-corrected chi connectivity index (χ0v) is 15.8. The number of rotatable bonds is 6. The minimum atomic E-state index is -4.83. The van der Waals surface area contributed by atoms with Crippen molar-refractivity contribution in [2.24, 2.45) is 0 Å². The summed E-state index contributed by atoms with van der Waals surface area (Å²) in [5.74, 6) is -0.356. The number of hydrogen-bond acceptors (Lipinski definition) is 5. The largest absolute Gasteiger partial charge is 0.573 e. The number of halogens is 3. The van der Waals surface area contributed by atoms with E-state index < -0.39 is 23.1 Å². The van der Waals surface area contributed by atoms with Gasteiger partial charge in [0.2, 0.25) is 0 Å².